The van der Waals surface area contributed by atoms with Crippen molar-refractivity contribution in [1.82, 2.24) is 25.3 Å². The predicted molar refractivity (Wildman–Crippen MR) is 122 cm³/mol. The van der Waals surface area contributed by atoms with Gasteiger partial charge in [-0.1, -0.05) is 34.7 Å². The van der Waals surface area contributed by atoms with E-state index in [9.17, 15) is 9.59 Å². The van der Waals surface area contributed by atoms with E-state index in [2.05, 4.69) is 37.7 Å². The van der Waals surface area contributed by atoms with Crippen molar-refractivity contribution in [2.24, 2.45) is 0 Å². The minimum Gasteiger partial charge on any atom is -0.355 e. The molecule has 2 aromatic rings. The Morgan fingerprint density at radius 3 is 2.63 bits per heavy atom. The third-order valence-corrected chi connectivity index (χ3v) is 6.91. The zero-order valence-corrected chi connectivity index (χ0v) is 19.2. The molecule has 162 valence electrons. The van der Waals surface area contributed by atoms with Crippen LogP contribution in [0.25, 0.3) is 0 Å². The number of nitrogens with zero attached hydrogens (tertiary/aromatic N) is 4. The van der Waals surface area contributed by atoms with Gasteiger partial charge in [0.25, 0.3) is 5.91 Å². The lowest BCUT2D eigenvalue weighted by atomic mass is 10.3. The minimum atomic E-state index is -0.338. The molecular formula is C19H25ClN6O2S2. The van der Waals surface area contributed by atoms with Crippen LogP contribution in [0.3, 0.4) is 0 Å². The van der Waals surface area contributed by atoms with E-state index in [1.807, 2.05) is 0 Å². The standard InChI is InChI=1S/C19H25ClN6O2S2/c1-25-9-11-26(12-10-25)8-2-7-21-16(27)13-29-19-24-23-18(30-19)17(28)22-15-5-3-14(20)4-6-15/h3-6H,2,7-13H2,1H3,(H,21,27)(H,22,28). The number of benzene rings is 1. The number of aromatic nitrogens is 2. The molecule has 2 heterocycles. The molecule has 1 aliphatic heterocycles. The monoisotopic (exact) mass is 468 g/mol. The molecule has 0 unspecified atom stereocenters. The SMILES string of the molecule is CN1CCN(CCCNC(=O)CSc2nnc(C(=O)Nc3ccc(Cl)cc3)s2)CC1. The maximum atomic E-state index is 12.2. The molecule has 2 N–H and O–H groups in total. The highest BCUT2D eigenvalue weighted by Gasteiger charge is 2.15. The van der Waals surface area contributed by atoms with Crippen molar-refractivity contribution in [2.45, 2.75) is 10.8 Å². The number of carbonyl (C=O) groups excluding carboxylic acids is 2. The van der Waals surface area contributed by atoms with E-state index in [1.54, 1.807) is 24.3 Å². The van der Waals surface area contributed by atoms with Crippen LogP contribution in [0.15, 0.2) is 28.6 Å². The van der Waals surface area contributed by atoms with Gasteiger partial charge in [0.05, 0.1) is 5.75 Å². The summed E-state index contributed by atoms with van der Waals surface area (Å²) in [4.78, 5) is 29.0. The molecule has 0 atom stereocenters. The Hall–Kier alpha value is -1.72. The summed E-state index contributed by atoms with van der Waals surface area (Å²) in [6.07, 6.45) is 0.938. The lowest BCUT2D eigenvalue weighted by molar-refractivity contribution is -0.118. The second-order valence-electron chi connectivity index (χ2n) is 6.97. The number of amides is 2. The Bertz CT molecular complexity index is 840. The van der Waals surface area contributed by atoms with Gasteiger partial charge in [0.1, 0.15) is 0 Å². The highest BCUT2D eigenvalue weighted by molar-refractivity contribution is 8.01. The highest BCUT2D eigenvalue weighted by Crippen LogP contribution is 2.23. The molecule has 1 aromatic carbocycles. The summed E-state index contributed by atoms with van der Waals surface area (Å²) in [5.74, 6) is -0.127. The highest BCUT2D eigenvalue weighted by atomic mass is 35.5. The molecule has 30 heavy (non-hydrogen) atoms. The van der Waals surface area contributed by atoms with E-state index in [4.69, 9.17) is 11.6 Å². The van der Waals surface area contributed by atoms with Crippen molar-refractivity contribution >= 4 is 52.2 Å². The number of nitrogens with one attached hydrogen (secondary N) is 2. The normalized spacial score (nSPS) is 15.1. The number of rotatable bonds is 9. The number of hydrogen-bond donors (Lipinski definition) is 2. The average molecular weight is 469 g/mol. The first-order valence-electron chi connectivity index (χ1n) is 9.70. The molecule has 1 saturated heterocycles. The van der Waals surface area contributed by atoms with E-state index in [0.29, 0.717) is 21.6 Å². The van der Waals surface area contributed by atoms with Crippen LogP contribution < -0.4 is 10.6 Å². The number of halogens is 1. The molecule has 3 rings (SSSR count). The predicted octanol–water partition coefficient (Wildman–Crippen LogP) is 2.29. The van der Waals surface area contributed by atoms with Crippen molar-refractivity contribution in [3.63, 3.8) is 0 Å². The van der Waals surface area contributed by atoms with Gasteiger partial charge >= 0.3 is 0 Å². The minimum absolute atomic E-state index is 0.0410. The summed E-state index contributed by atoms with van der Waals surface area (Å²) in [5.41, 5.74) is 0.629. The Morgan fingerprint density at radius 1 is 1.17 bits per heavy atom. The summed E-state index contributed by atoms with van der Waals surface area (Å²) >= 11 is 8.28. The lowest BCUT2D eigenvalue weighted by Crippen LogP contribution is -2.45. The third-order valence-electron chi connectivity index (χ3n) is 4.60. The number of carbonyl (C=O) groups is 2. The van der Waals surface area contributed by atoms with Crippen molar-refractivity contribution in [3.8, 4) is 0 Å². The van der Waals surface area contributed by atoms with Crippen LogP contribution in [0.4, 0.5) is 5.69 Å². The molecule has 0 bridgehead atoms. The van der Waals surface area contributed by atoms with Crippen LogP contribution in [-0.2, 0) is 4.79 Å². The molecular weight excluding hydrogens is 444 g/mol. The second kappa shape index (κ2) is 11.6. The van der Waals surface area contributed by atoms with Gasteiger partial charge in [-0.25, -0.2) is 0 Å². The summed E-state index contributed by atoms with van der Waals surface area (Å²) in [6.45, 7) is 6.05. The Morgan fingerprint density at radius 2 is 1.90 bits per heavy atom. The number of piperazine rings is 1. The molecule has 11 heteroatoms. The maximum Gasteiger partial charge on any atom is 0.286 e. The first-order valence-corrected chi connectivity index (χ1v) is 11.9. The van der Waals surface area contributed by atoms with E-state index in [0.717, 1.165) is 50.5 Å². The summed E-state index contributed by atoms with van der Waals surface area (Å²) < 4.78 is 0.587. The first kappa shape index (κ1) is 23.0. The summed E-state index contributed by atoms with van der Waals surface area (Å²) in [6, 6.07) is 6.82. The van der Waals surface area contributed by atoms with Gasteiger partial charge in [-0.05, 0) is 44.3 Å². The first-order chi connectivity index (χ1) is 14.5. The van der Waals surface area contributed by atoms with Crippen LogP contribution in [0.1, 0.15) is 16.2 Å². The van der Waals surface area contributed by atoms with E-state index in [1.165, 1.54) is 11.8 Å². The molecule has 1 fully saturated rings. The van der Waals surface area contributed by atoms with Crippen LogP contribution in [0, 0.1) is 0 Å². The molecule has 1 aromatic heterocycles. The topological polar surface area (TPSA) is 90.5 Å². The van der Waals surface area contributed by atoms with Crippen LogP contribution in [-0.4, -0.2) is 83.9 Å². The van der Waals surface area contributed by atoms with E-state index >= 15 is 0 Å². The van der Waals surface area contributed by atoms with Gasteiger partial charge in [0, 0.05) is 43.4 Å². The van der Waals surface area contributed by atoms with Crippen molar-refractivity contribution in [3.05, 3.63) is 34.3 Å². The Kier molecular flexibility index (Phi) is 8.88. The fourth-order valence-corrected chi connectivity index (χ4v) is 4.56. The molecule has 0 saturated carbocycles. The Balaban J connectivity index is 1.32. The van der Waals surface area contributed by atoms with Crippen LogP contribution in [0.5, 0.6) is 0 Å². The molecule has 0 aliphatic carbocycles. The van der Waals surface area contributed by atoms with E-state index < -0.39 is 0 Å². The second-order valence-corrected chi connectivity index (χ2v) is 9.61. The maximum absolute atomic E-state index is 12.2. The van der Waals surface area contributed by atoms with Gasteiger partial charge in [0.15, 0.2) is 4.34 Å². The fraction of sp³-hybridized carbons (Fsp3) is 0.474. The van der Waals surface area contributed by atoms with Crippen molar-refractivity contribution in [1.29, 1.82) is 0 Å². The van der Waals surface area contributed by atoms with Gasteiger partial charge in [-0.2, -0.15) is 0 Å². The average Bonchev–Trinajstić information content (AvgIpc) is 3.22. The smallest absolute Gasteiger partial charge is 0.286 e. The van der Waals surface area contributed by atoms with E-state index in [-0.39, 0.29) is 22.6 Å². The number of thioether (sulfide) groups is 1. The lowest BCUT2D eigenvalue weighted by Gasteiger charge is -2.32. The fourth-order valence-electron chi connectivity index (χ4n) is 2.86. The molecule has 2 amide bonds. The molecule has 0 spiro atoms. The number of likely N-dealkylation sites (N-methyl/N-ethyl adjacent to an activating group) is 1. The van der Waals surface area contributed by atoms with Crippen molar-refractivity contribution in [2.75, 3.05) is 57.4 Å². The number of anilines is 1. The largest absolute Gasteiger partial charge is 0.355 e. The van der Waals surface area contributed by atoms with Gasteiger partial charge in [-0.15, -0.1) is 10.2 Å². The van der Waals surface area contributed by atoms with Gasteiger partial charge < -0.3 is 20.4 Å². The molecule has 0 radical (unpaired) electrons. The van der Waals surface area contributed by atoms with Crippen LogP contribution in [0.2, 0.25) is 5.02 Å². The molecule has 1 aliphatic rings. The number of hydrogen-bond acceptors (Lipinski definition) is 8. The van der Waals surface area contributed by atoms with Crippen LogP contribution >= 0.6 is 34.7 Å². The quantitative estimate of drug-likeness (QED) is 0.431. The Labute approximate surface area is 189 Å². The van der Waals surface area contributed by atoms with Crippen molar-refractivity contribution < 1.29 is 9.59 Å². The van der Waals surface area contributed by atoms with Gasteiger partial charge in [0.2, 0.25) is 10.9 Å². The summed E-state index contributed by atoms with van der Waals surface area (Å²) in [5, 5.41) is 14.4. The zero-order valence-electron chi connectivity index (χ0n) is 16.8. The van der Waals surface area contributed by atoms with Gasteiger partial charge in [-0.3, -0.25) is 9.59 Å². The summed E-state index contributed by atoms with van der Waals surface area (Å²) in [7, 11) is 2.14. The third kappa shape index (κ3) is 7.51. The molecule has 8 nitrogen and oxygen atoms in total. The zero-order chi connectivity index (χ0) is 21.3.